The van der Waals surface area contributed by atoms with E-state index in [1.165, 1.54) is 24.3 Å². The summed E-state index contributed by atoms with van der Waals surface area (Å²) in [6, 6.07) is 4.89. The Morgan fingerprint density at radius 1 is 1.33 bits per heavy atom. The SMILES string of the molecule is CCN(CC(N)=O)C(C)C(=O)c1ccc(F)cc1. The third-order valence-electron chi connectivity index (χ3n) is 2.82. The predicted molar refractivity (Wildman–Crippen MR) is 66.6 cm³/mol. The number of hydrogen-bond donors (Lipinski definition) is 1. The molecular formula is C13H17FN2O2. The Morgan fingerprint density at radius 2 is 1.89 bits per heavy atom. The molecule has 1 aromatic rings. The molecule has 1 aromatic carbocycles. The second kappa shape index (κ2) is 6.26. The van der Waals surface area contributed by atoms with E-state index in [-0.39, 0.29) is 18.1 Å². The number of nitrogens with two attached hydrogens (primary N) is 1. The van der Waals surface area contributed by atoms with Crippen molar-refractivity contribution in [2.24, 2.45) is 5.73 Å². The monoisotopic (exact) mass is 252 g/mol. The van der Waals surface area contributed by atoms with E-state index in [9.17, 15) is 14.0 Å². The lowest BCUT2D eigenvalue weighted by molar-refractivity contribution is -0.119. The number of benzene rings is 1. The maximum Gasteiger partial charge on any atom is 0.231 e. The molecule has 4 nitrogen and oxygen atoms in total. The van der Waals surface area contributed by atoms with E-state index in [0.717, 1.165) is 0 Å². The van der Waals surface area contributed by atoms with Crippen LogP contribution in [0, 0.1) is 5.82 Å². The van der Waals surface area contributed by atoms with Crippen LogP contribution in [0.1, 0.15) is 24.2 Å². The summed E-state index contributed by atoms with van der Waals surface area (Å²) < 4.78 is 12.8. The van der Waals surface area contributed by atoms with Gasteiger partial charge in [-0.05, 0) is 37.7 Å². The zero-order valence-corrected chi connectivity index (χ0v) is 10.5. The highest BCUT2D eigenvalue weighted by Gasteiger charge is 2.22. The summed E-state index contributed by atoms with van der Waals surface area (Å²) in [4.78, 5) is 24.7. The van der Waals surface area contributed by atoms with Crippen molar-refractivity contribution in [1.29, 1.82) is 0 Å². The molecule has 98 valence electrons. The number of rotatable bonds is 6. The van der Waals surface area contributed by atoms with E-state index >= 15 is 0 Å². The Morgan fingerprint density at radius 3 is 2.33 bits per heavy atom. The summed E-state index contributed by atoms with van der Waals surface area (Å²) in [6.45, 7) is 4.12. The molecule has 0 fully saturated rings. The van der Waals surface area contributed by atoms with Crippen LogP contribution >= 0.6 is 0 Å². The van der Waals surface area contributed by atoms with Gasteiger partial charge in [0.15, 0.2) is 5.78 Å². The van der Waals surface area contributed by atoms with E-state index in [4.69, 9.17) is 5.73 Å². The molecule has 0 aliphatic rings. The molecule has 1 rings (SSSR count). The van der Waals surface area contributed by atoms with Gasteiger partial charge in [-0.2, -0.15) is 0 Å². The van der Waals surface area contributed by atoms with Gasteiger partial charge in [0, 0.05) is 5.56 Å². The normalized spacial score (nSPS) is 12.4. The average Bonchev–Trinajstić information content (AvgIpc) is 2.35. The van der Waals surface area contributed by atoms with E-state index in [1.807, 2.05) is 6.92 Å². The fourth-order valence-electron chi connectivity index (χ4n) is 1.74. The average molecular weight is 252 g/mol. The van der Waals surface area contributed by atoms with Crippen LogP contribution in [0.3, 0.4) is 0 Å². The number of ketones is 1. The van der Waals surface area contributed by atoms with Gasteiger partial charge >= 0.3 is 0 Å². The zero-order chi connectivity index (χ0) is 13.7. The second-order valence-corrected chi connectivity index (χ2v) is 4.08. The minimum Gasteiger partial charge on any atom is -0.369 e. The Bertz CT molecular complexity index is 431. The van der Waals surface area contributed by atoms with Crippen LogP contribution in [0.15, 0.2) is 24.3 Å². The number of primary amides is 1. The summed E-state index contributed by atoms with van der Waals surface area (Å²) in [5, 5.41) is 0. The number of carbonyl (C=O) groups excluding carboxylic acids is 2. The van der Waals surface area contributed by atoms with Gasteiger partial charge in [-0.1, -0.05) is 6.92 Å². The van der Waals surface area contributed by atoms with Gasteiger partial charge in [-0.3, -0.25) is 14.5 Å². The molecule has 18 heavy (non-hydrogen) atoms. The molecular weight excluding hydrogens is 235 g/mol. The Kier molecular flexibility index (Phi) is 4.97. The number of Topliss-reactive ketones (excluding diaryl/α,β-unsaturated/α-hetero) is 1. The maximum atomic E-state index is 12.8. The zero-order valence-electron chi connectivity index (χ0n) is 10.5. The summed E-state index contributed by atoms with van der Waals surface area (Å²) in [5.41, 5.74) is 5.55. The van der Waals surface area contributed by atoms with Crippen LogP contribution in [-0.2, 0) is 4.79 Å². The lowest BCUT2D eigenvalue weighted by Crippen LogP contribution is -2.43. The van der Waals surface area contributed by atoms with Crippen molar-refractivity contribution >= 4 is 11.7 Å². The number of halogens is 1. The fraction of sp³-hybridized carbons (Fsp3) is 0.385. The van der Waals surface area contributed by atoms with Crippen LogP contribution in [0.25, 0.3) is 0 Å². The largest absolute Gasteiger partial charge is 0.369 e. The molecule has 0 bridgehead atoms. The molecule has 5 heteroatoms. The molecule has 2 N–H and O–H groups in total. The van der Waals surface area contributed by atoms with Crippen LogP contribution < -0.4 is 5.73 Å². The highest BCUT2D eigenvalue weighted by molar-refractivity contribution is 6.00. The Balaban J connectivity index is 2.81. The van der Waals surface area contributed by atoms with Crippen molar-refractivity contribution in [3.8, 4) is 0 Å². The first-order valence-electron chi connectivity index (χ1n) is 5.77. The minimum atomic E-state index is -0.476. The maximum absolute atomic E-state index is 12.8. The predicted octanol–water partition coefficient (Wildman–Crippen LogP) is 1.20. The lowest BCUT2D eigenvalue weighted by atomic mass is 10.0. The number of hydrogen-bond acceptors (Lipinski definition) is 3. The minimum absolute atomic E-state index is 0.0323. The highest BCUT2D eigenvalue weighted by atomic mass is 19.1. The number of likely N-dealkylation sites (N-methyl/N-ethyl adjacent to an activating group) is 1. The first-order valence-corrected chi connectivity index (χ1v) is 5.77. The molecule has 1 atom stereocenters. The standard InChI is InChI=1S/C13H17FN2O2/c1-3-16(8-12(15)17)9(2)13(18)10-4-6-11(14)7-5-10/h4-7,9H,3,8H2,1-2H3,(H2,15,17). The quantitative estimate of drug-likeness (QED) is 0.774. The molecule has 0 saturated heterocycles. The van der Waals surface area contributed by atoms with Gasteiger partial charge in [0.2, 0.25) is 5.91 Å². The summed E-state index contributed by atoms with van der Waals surface area (Å²) in [6.07, 6.45) is 0. The summed E-state index contributed by atoms with van der Waals surface area (Å²) in [7, 11) is 0. The van der Waals surface area contributed by atoms with E-state index in [0.29, 0.717) is 12.1 Å². The van der Waals surface area contributed by atoms with Crippen LogP contribution in [0.5, 0.6) is 0 Å². The Labute approximate surface area is 106 Å². The fourth-order valence-corrected chi connectivity index (χ4v) is 1.74. The second-order valence-electron chi connectivity index (χ2n) is 4.08. The molecule has 1 unspecified atom stereocenters. The van der Waals surface area contributed by atoms with Gasteiger partial charge in [-0.15, -0.1) is 0 Å². The molecule has 0 aliphatic heterocycles. The first-order chi connectivity index (χ1) is 8.45. The third kappa shape index (κ3) is 3.63. The first kappa shape index (κ1) is 14.3. The van der Waals surface area contributed by atoms with Crippen molar-refractivity contribution in [1.82, 2.24) is 4.90 Å². The highest BCUT2D eigenvalue weighted by Crippen LogP contribution is 2.10. The molecule has 1 amide bonds. The van der Waals surface area contributed by atoms with Crippen molar-refractivity contribution in [2.75, 3.05) is 13.1 Å². The van der Waals surface area contributed by atoms with Crippen molar-refractivity contribution in [3.05, 3.63) is 35.6 Å². The number of nitrogens with zero attached hydrogens (tertiary/aromatic N) is 1. The molecule has 0 spiro atoms. The van der Waals surface area contributed by atoms with Crippen LogP contribution in [0.2, 0.25) is 0 Å². The van der Waals surface area contributed by atoms with E-state index in [1.54, 1.807) is 11.8 Å². The van der Waals surface area contributed by atoms with Crippen molar-refractivity contribution in [2.45, 2.75) is 19.9 Å². The van der Waals surface area contributed by atoms with Gasteiger partial charge < -0.3 is 5.73 Å². The third-order valence-corrected chi connectivity index (χ3v) is 2.82. The summed E-state index contributed by atoms with van der Waals surface area (Å²) >= 11 is 0. The van der Waals surface area contributed by atoms with E-state index < -0.39 is 11.9 Å². The van der Waals surface area contributed by atoms with Gasteiger partial charge in [-0.25, -0.2) is 4.39 Å². The van der Waals surface area contributed by atoms with E-state index in [2.05, 4.69) is 0 Å². The van der Waals surface area contributed by atoms with Gasteiger partial charge in [0.05, 0.1) is 12.6 Å². The van der Waals surface area contributed by atoms with Crippen LogP contribution in [0.4, 0.5) is 4.39 Å². The van der Waals surface area contributed by atoms with Gasteiger partial charge in [0.25, 0.3) is 0 Å². The molecule has 0 heterocycles. The molecule has 0 saturated carbocycles. The van der Waals surface area contributed by atoms with Gasteiger partial charge in [0.1, 0.15) is 5.82 Å². The smallest absolute Gasteiger partial charge is 0.231 e. The topological polar surface area (TPSA) is 63.4 Å². The molecule has 0 aliphatic carbocycles. The Hall–Kier alpha value is -1.75. The molecule has 0 aromatic heterocycles. The van der Waals surface area contributed by atoms with Crippen molar-refractivity contribution in [3.63, 3.8) is 0 Å². The number of amides is 1. The lowest BCUT2D eigenvalue weighted by Gasteiger charge is -2.25. The summed E-state index contributed by atoms with van der Waals surface area (Å²) in [5.74, 6) is -1.02. The molecule has 0 radical (unpaired) electrons. The van der Waals surface area contributed by atoms with Crippen LogP contribution in [-0.4, -0.2) is 35.7 Å². The van der Waals surface area contributed by atoms with Crippen molar-refractivity contribution < 1.29 is 14.0 Å². The number of carbonyl (C=O) groups is 2.